The molecule has 21 heavy (non-hydrogen) atoms. The largest absolute Gasteiger partial charge is 0.464 e. The molecule has 0 saturated heterocycles. The van der Waals surface area contributed by atoms with Crippen molar-refractivity contribution >= 4 is 46.6 Å². The van der Waals surface area contributed by atoms with Crippen molar-refractivity contribution in [3.05, 3.63) is 23.5 Å². The number of nitrogens with zero attached hydrogens (tertiary/aromatic N) is 1. The molecule has 0 N–H and O–H groups in total. The number of esters is 1. The maximum absolute atomic E-state index is 12.1. The van der Waals surface area contributed by atoms with Gasteiger partial charge in [0.25, 0.3) is 3.79 Å². The first-order valence-corrected chi connectivity index (χ1v) is 7.68. The number of ketones is 1. The van der Waals surface area contributed by atoms with Gasteiger partial charge in [-0.25, -0.2) is 4.79 Å². The van der Waals surface area contributed by atoms with Crippen LogP contribution in [0.5, 0.6) is 0 Å². The quantitative estimate of drug-likeness (QED) is 0.446. The molecular formula is C14H18Cl3NO3. The van der Waals surface area contributed by atoms with Gasteiger partial charge < -0.3 is 9.30 Å². The predicted octanol–water partition coefficient (Wildman–Crippen LogP) is 4.43. The molecule has 0 aliphatic rings. The second-order valence-corrected chi connectivity index (χ2v) is 7.34. The first-order valence-electron chi connectivity index (χ1n) is 6.55. The Hall–Kier alpha value is -0.710. The molecular weight excluding hydrogens is 337 g/mol. The van der Waals surface area contributed by atoms with Crippen molar-refractivity contribution in [2.24, 2.45) is 5.92 Å². The first kappa shape index (κ1) is 18.3. The summed E-state index contributed by atoms with van der Waals surface area (Å²) in [5.41, 5.74) is 0.449. The van der Waals surface area contributed by atoms with Crippen LogP contribution < -0.4 is 0 Å². The third-order valence-corrected chi connectivity index (χ3v) is 3.82. The van der Waals surface area contributed by atoms with Gasteiger partial charge in [-0.05, 0) is 18.4 Å². The summed E-state index contributed by atoms with van der Waals surface area (Å²) >= 11 is 16.9. The van der Waals surface area contributed by atoms with Crippen LogP contribution in [0.25, 0.3) is 0 Å². The number of ether oxygens (including phenoxy) is 1. The summed E-state index contributed by atoms with van der Waals surface area (Å²) in [5.74, 6) is -0.936. The van der Waals surface area contributed by atoms with Crippen LogP contribution >= 0.6 is 34.8 Å². The Kier molecular flexibility index (Phi) is 6.14. The number of halogens is 3. The van der Waals surface area contributed by atoms with Gasteiger partial charge in [-0.15, -0.1) is 0 Å². The smallest absolute Gasteiger partial charge is 0.354 e. The second kappa shape index (κ2) is 7.03. The monoisotopic (exact) mass is 353 g/mol. The van der Waals surface area contributed by atoms with Gasteiger partial charge in [0.2, 0.25) is 5.78 Å². The van der Waals surface area contributed by atoms with Crippen molar-refractivity contribution in [2.75, 3.05) is 7.11 Å². The van der Waals surface area contributed by atoms with Gasteiger partial charge in [-0.3, -0.25) is 4.79 Å². The summed E-state index contributed by atoms with van der Waals surface area (Å²) in [5, 5.41) is 0. The fraction of sp³-hybridized carbons (Fsp3) is 0.571. The van der Waals surface area contributed by atoms with Crippen molar-refractivity contribution in [3.8, 4) is 0 Å². The molecule has 1 unspecified atom stereocenters. The van der Waals surface area contributed by atoms with Crippen LogP contribution in [0.3, 0.4) is 0 Å². The highest BCUT2D eigenvalue weighted by Gasteiger charge is 2.34. The lowest BCUT2D eigenvalue weighted by atomic mass is 10.0. The summed E-state index contributed by atoms with van der Waals surface area (Å²) in [6.07, 6.45) is 2.34. The van der Waals surface area contributed by atoms with Gasteiger partial charge in [-0.2, -0.15) is 0 Å². The standard InChI is InChI=1S/C14H18Cl3NO3/c1-5-10(8(2)3)18-7-9(12(19)14(15,16)17)6-11(18)13(20)21-4/h6-8,10H,5H2,1-4H3. The van der Waals surface area contributed by atoms with E-state index in [0.717, 1.165) is 6.42 Å². The lowest BCUT2D eigenvalue weighted by molar-refractivity contribution is 0.0584. The van der Waals surface area contributed by atoms with Gasteiger partial charge in [0.05, 0.1) is 7.11 Å². The van der Waals surface area contributed by atoms with Crippen LogP contribution in [-0.4, -0.2) is 27.2 Å². The van der Waals surface area contributed by atoms with Crippen LogP contribution in [0.2, 0.25) is 0 Å². The molecule has 0 bridgehead atoms. The van der Waals surface area contributed by atoms with Gasteiger partial charge in [-0.1, -0.05) is 55.6 Å². The highest BCUT2D eigenvalue weighted by atomic mass is 35.6. The van der Waals surface area contributed by atoms with Crippen molar-refractivity contribution < 1.29 is 14.3 Å². The van der Waals surface area contributed by atoms with Gasteiger partial charge in [0.1, 0.15) is 5.69 Å². The Labute approximate surface area is 139 Å². The maximum atomic E-state index is 12.1. The Morgan fingerprint density at radius 3 is 2.29 bits per heavy atom. The molecule has 0 fully saturated rings. The summed E-state index contributed by atoms with van der Waals surface area (Å²) in [6, 6.07) is 1.44. The molecule has 0 amide bonds. The molecule has 4 nitrogen and oxygen atoms in total. The molecule has 7 heteroatoms. The highest BCUT2D eigenvalue weighted by Crippen LogP contribution is 2.33. The van der Waals surface area contributed by atoms with E-state index in [1.807, 2.05) is 20.8 Å². The second-order valence-electron chi connectivity index (χ2n) is 5.06. The summed E-state index contributed by atoms with van der Waals surface area (Å²) in [4.78, 5) is 24.0. The number of alkyl halides is 3. The van der Waals surface area contributed by atoms with E-state index in [1.165, 1.54) is 13.2 Å². The molecule has 0 aliphatic carbocycles. The lowest BCUT2D eigenvalue weighted by Gasteiger charge is -2.23. The van der Waals surface area contributed by atoms with Crippen molar-refractivity contribution in [2.45, 2.75) is 37.0 Å². The summed E-state index contributed by atoms with van der Waals surface area (Å²) < 4.78 is 4.43. The minimum Gasteiger partial charge on any atom is -0.464 e. The molecule has 0 saturated carbocycles. The minimum absolute atomic E-state index is 0.0380. The lowest BCUT2D eigenvalue weighted by Crippen LogP contribution is -2.19. The maximum Gasteiger partial charge on any atom is 0.354 e. The Morgan fingerprint density at radius 1 is 1.33 bits per heavy atom. The topological polar surface area (TPSA) is 48.3 Å². The van der Waals surface area contributed by atoms with E-state index < -0.39 is 15.5 Å². The Morgan fingerprint density at radius 2 is 1.90 bits per heavy atom. The van der Waals surface area contributed by atoms with Gasteiger partial charge >= 0.3 is 5.97 Å². The number of hydrogen-bond donors (Lipinski definition) is 0. The van der Waals surface area contributed by atoms with Crippen molar-refractivity contribution in [3.63, 3.8) is 0 Å². The number of methoxy groups -OCH3 is 1. The molecule has 1 atom stereocenters. The van der Waals surface area contributed by atoms with E-state index in [4.69, 9.17) is 39.5 Å². The zero-order valence-corrected chi connectivity index (χ0v) is 14.6. The summed E-state index contributed by atoms with van der Waals surface area (Å²) in [6.45, 7) is 6.07. The van der Waals surface area contributed by atoms with E-state index in [1.54, 1.807) is 10.8 Å². The molecule has 1 aromatic heterocycles. The minimum atomic E-state index is -2.06. The molecule has 1 heterocycles. The average molecular weight is 355 g/mol. The van der Waals surface area contributed by atoms with Crippen molar-refractivity contribution in [1.82, 2.24) is 4.57 Å². The first-order chi connectivity index (χ1) is 9.63. The SMILES string of the molecule is CCC(C(C)C)n1cc(C(=O)C(Cl)(Cl)Cl)cc1C(=O)OC. The number of hydrogen-bond acceptors (Lipinski definition) is 3. The summed E-state index contributed by atoms with van der Waals surface area (Å²) in [7, 11) is 1.28. The molecule has 118 valence electrons. The molecule has 0 aromatic carbocycles. The zero-order chi connectivity index (χ0) is 16.4. The van der Waals surface area contributed by atoms with E-state index >= 15 is 0 Å². The van der Waals surface area contributed by atoms with Crippen LogP contribution in [0.4, 0.5) is 0 Å². The van der Waals surface area contributed by atoms with E-state index in [9.17, 15) is 9.59 Å². The molecule has 0 spiro atoms. The third kappa shape index (κ3) is 4.15. The number of carbonyl (C=O) groups is 2. The molecule has 0 radical (unpaired) electrons. The predicted molar refractivity (Wildman–Crippen MR) is 84.6 cm³/mol. The highest BCUT2D eigenvalue weighted by molar-refractivity contribution is 6.77. The van der Waals surface area contributed by atoms with Gasteiger partial charge in [0, 0.05) is 17.8 Å². The Balaban J connectivity index is 3.38. The fourth-order valence-electron chi connectivity index (χ4n) is 2.30. The van der Waals surface area contributed by atoms with E-state index in [2.05, 4.69) is 0 Å². The number of Topliss-reactive ketones (excluding diaryl/α,β-unsaturated/α-hetero) is 1. The molecule has 1 rings (SSSR count). The van der Waals surface area contributed by atoms with Crippen LogP contribution in [0.1, 0.15) is 54.1 Å². The third-order valence-electron chi connectivity index (χ3n) is 3.31. The van der Waals surface area contributed by atoms with Gasteiger partial charge in [0.15, 0.2) is 0 Å². The van der Waals surface area contributed by atoms with Crippen LogP contribution in [0.15, 0.2) is 12.3 Å². The normalized spacial score (nSPS) is 13.3. The molecule has 0 aliphatic heterocycles. The number of carbonyl (C=O) groups excluding carboxylic acids is 2. The number of rotatable bonds is 5. The zero-order valence-electron chi connectivity index (χ0n) is 12.3. The fourth-order valence-corrected chi connectivity index (χ4v) is 2.63. The van der Waals surface area contributed by atoms with Crippen LogP contribution in [-0.2, 0) is 4.74 Å². The van der Waals surface area contributed by atoms with Crippen molar-refractivity contribution in [1.29, 1.82) is 0 Å². The van der Waals surface area contributed by atoms with E-state index in [-0.39, 0.29) is 23.2 Å². The average Bonchev–Trinajstić information content (AvgIpc) is 2.81. The number of aromatic nitrogens is 1. The van der Waals surface area contributed by atoms with Crippen LogP contribution in [0, 0.1) is 5.92 Å². The molecule has 1 aromatic rings. The van der Waals surface area contributed by atoms with E-state index in [0.29, 0.717) is 0 Å². The Bertz CT molecular complexity index is 532.